The maximum absolute atomic E-state index is 6.04. The molecule has 0 bridgehead atoms. The summed E-state index contributed by atoms with van der Waals surface area (Å²) in [4.78, 5) is 4.72. The lowest BCUT2D eigenvalue weighted by molar-refractivity contribution is 0.0351. The molecule has 0 aliphatic carbocycles. The Morgan fingerprint density at radius 2 is 1.95 bits per heavy atom. The van der Waals surface area contributed by atoms with Gasteiger partial charge in [-0.1, -0.05) is 6.92 Å². The van der Waals surface area contributed by atoms with Crippen LogP contribution in [0.15, 0.2) is 0 Å². The minimum atomic E-state index is 0.303. The number of likely N-dealkylation sites (N-methyl/N-ethyl adjacent to an activating group) is 2. The van der Waals surface area contributed by atoms with E-state index in [1.54, 1.807) is 7.11 Å². The molecule has 126 valence electrons. The first-order valence-electron chi connectivity index (χ1n) is 8.21. The third-order valence-corrected chi connectivity index (χ3v) is 4.09. The average molecular weight is 302 g/mol. The van der Waals surface area contributed by atoms with Gasteiger partial charge in [0, 0.05) is 32.8 Å². The fourth-order valence-corrected chi connectivity index (χ4v) is 2.64. The molecule has 2 atom stereocenters. The monoisotopic (exact) mass is 302 g/mol. The summed E-state index contributed by atoms with van der Waals surface area (Å²) in [7, 11) is 3.91. The number of ether oxygens (including phenoxy) is 3. The highest BCUT2D eigenvalue weighted by molar-refractivity contribution is 4.84. The Labute approximate surface area is 130 Å². The Bertz CT molecular complexity index is 264. The molecular formula is C16H34N2O3. The summed E-state index contributed by atoms with van der Waals surface area (Å²) < 4.78 is 16.9. The summed E-state index contributed by atoms with van der Waals surface area (Å²) in [6.07, 6.45) is 1.72. The van der Waals surface area contributed by atoms with E-state index in [9.17, 15) is 0 Å². The van der Waals surface area contributed by atoms with E-state index in [0.29, 0.717) is 18.2 Å². The highest BCUT2D eigenvalue weighted by Crippen LogP contribution is 2.19. The van der Waals surface area contributed by atoms with Crippen LogP contribution < -0.4 is 0 Å². The van der Waals surface area contributed by atoms with Gasteiger partial charge in [-0.3, -0.25) is 9.80 Å². The minimum absolute atomic E-state index is 0.303. The molecule has 1 saturated heterocycles. The summed E-state index contributed by atoms with van der Waals surface area (Å²) in [6, 6.07) is 0.494. The van der Waals surface area contributed by atoms with Crippen molar-refractivity contribution in [3.05, 3.63) is 0 Å². The van der Waals surface area contributed by atoms with Crippen molar-refractivity contribution in [2.24, 2.45) is 0 Å². The molecule has 0 aromatic rings. The number of hydrogen-bond donors (Lipinski definition) is 0. The van der Waals surface area contributed by atoms with Crippen molar-refractivity contribution in [2.45, 2.75) is 45.4 Å². The maximum atomic E-state index is 6.04. The number of methoxy groups -OCH3 is 1. The van der Waals surface area contributed by atoms with E-state index in [0.717, 1.165) is 52.4 Å². The Morgan fingerprint density at radius 3 is 2.57 bits per heavy atom. The molecule has 1 aliphatic rings. The Morgan fingerprint density at radius 1 is 1.24 bits per heavy atom. The molecule has 1 fully saturated rings. The van der Waals surface area contributed by atoms with Gasteiger partial charge in [-0.15, -0.1) is 0 Å². The van der Waals surface area contributed by atoms with Crippen LogP contribution in [0.1, 0.15) is 27.2 Å². The van der Waals surface area contributed by atoms with Crippen molar-refractivity contribution in [1.29, 1.82) is 0 Å². The molecule has 0 spiro atoms. The summed E-state index contributed by atoms with van der Waals surface area (Å²) in [5, 5.41) is 0. The standard InChI is InChI=1S/C16H34N2O3/c1-6-18(7-9-19-5)8-10-20-16-11-15(17(4)12-16)13-21-14(2)3/h14-16H,6-13H2,1-5H3/t15-,16+/m0/s1. The van der Waals surface area contributed by atoms with Gasteiger partial charge >= 0.3 is 0 Å². The third-order valence-electron chi connectivity index (χ3n) is 4.09. The Hall–Kier alpha value is -0.200. The van der Waals surface area contributed by atoms with Gasteiger partial charge in [0.2, 0.25) is 0 Å². The third kappa shape index (κ3) is 7.56. The van der Waals surface area contributed by atoms with Gasteiger partial charge in [0.05, 0.1) is 32.0 Å². The minimum Gasteiger partial charge on any atom is -0.383 e. The fourth-order valence-electron chi connectivity index (χ4n) is 2.64. The SMILES string of the molecule is CCN(CCOC)CCO[C@@H]1C[C@@H](COC(C)C)N(C)C1. The van der Waals surface area contributed by atoms with E-state index < -0.39 is 0 Å². The molecule has 0 unspecified atom stereocenters. The quantitative estimate of drug-likeness (QED) is 0.577. The van der Waals surface area contributed by atoms with Crippen molar-refractivity contribution in [3.63, 3.8) is 0 Å². The van der Waals surface area contributed by atoms with Crippen LogP contribution in [0.5, 0.6) is 0 Å². The lowest BCUT2D eigenvalue weighted by atomic mass is 10.2. The highest BCUT2D eigenvalue weighted by atomic mass is 16.5. The van der Waals surface area contributed by atoms with E-state index >= 15 is 0 Å². The first-order chi connectivity index (χ1) is 10.1. The Kier molecular flexibility index (Phi) is 9.44. The number of rotatable bonds is 11. The molecule has 5 heteroatoms. The molecule has 0 aromatic heterocycles. The molecular weight excluding hydrogens is 268 g/mol. The zero-order chi connectivity index (χ0) is 15.7. The van der Waals surface area contributed by atoms with Crippen molar-refractivity contribution >= 4 is 0 Å². The summed E-state index contributed by atoms with van der Waals surface area (Å²) in [6.45, 7) is 12.8. The highest BCUT2D eigenvalue weighted by Gasteiger charge is 2.30. The molecule has 1 aliphatic heterocycles. The van der Waals surface area contributed by atoms with Crippen LogP contribution in [0.2, 0.25) is 0 Å². The first kappa shape index (κ1) is 18.8. The van der Waals surface area contributed by atoms with Gasteiger partial charge in [0.1, 0.15) is 0 Å². The zero-order valence-corrected chi connectivity index (χ0v) is 14.5. The van der Waals surface area contributed by atoms with E-state index in [4.69, 9.17) is 14.2 Å². The van der Waals surface area contributed by atoms with E-state index in [1.807, 2.05) is 0 Å². The van der Waals surface area contributed by atoms with Crippen LogP contribution in [-0.2, 0) is 14.2 Å². The molecule has 0 amide bonds. The van der Waals surface area contributed by atoms with Gasteiger partial charge in [-0.2, -0.15) is 0 Å². The lowest BCUT2D eigenvalue weighted by Crippen LogP contribution is -2.32. The molecule has 0 aromatic carbocycles. The van der Waals surface area contributed by atoms with Gasteiger partial charge in [0.25, 0.3) is 0 Å². The number of hydrogen-bond acceptors (Lipinski definition) is 5. The largest absolute Gasteiger partial charge is 0.383 e. The normalized spacial score (nSPS) is 23.6. The van der Waals surface area contributed by atoms with Gasteiger partial charge in [-0.25, -0.2) is 0 Å². The van der Waals surface area contributed by atoms with Crippen LogP contribution >= 0.6 is 0 Å². The topological polar surface area (TPSA) is 34.2 Å². The van der Waals surface area contributed by atoms with Gasteiger partial charge in [-0.05, 0) is 33.9 Å². The van der Waals surface area contributed by atoms with Crippen LogP contribution in [-0.4, -0.2) is 88.2 Å². The second kappa shape index (κ2) is 10.5. The van der Waals surface area contributed by atoms with Crippen LogP contribution in [0, 0.1) is 0 Å². The summed E-state index contributed by atoms with van der Waals surface area (Å²) in [5.74, 6) is 0. The summed E-state index contributed by atoms with van der Waals surface area (Å²) >= 11 is 0. The van der Waals surface area contributed by atoms with Crippen LogP contribution in [0.3, 0.4) is 0 Å². The maximum Gasteiger partial charge on any atom is 0.0718 e. The molecule has 1 heterocycles. The van der Waals surface area contributed by atoms with Crippen molar-refractivity contribution < 1.29 is 14.2 Å². The molecule has 5 nitrogen and oxygen atoms in total. The number of nitrogens with zero attached hydrogens (tertiary/aromatic N) is 2. The van der Waals surface area contributed by atoms with Gasteiger partial charge < -0.3 is 14.2 Å². The first-order valence-corrected chi connectivity index (χ1v) is 8.21. The second-order valence-corrected chi connectivity index (χ2v) is 6.13. The van der Waals surface area contributed by atoms with Crippen LogP contribution in [0.25, 0.3) is 0 Å². The number of likely N-dealkylation sites (tertiary alicyclic amines) is 1. The van der Waals surface area contributed by atoms with E-state index in [-0.39, 0.29) is 0 Å². The van der Waals surface area contributed by atoms with E-state index in [1.165, 1.54) is 0 Å². The Balaban J connectivity index is 2.18. The van der Waals surface area contributed by atoms with Crippen molar-refractivity contribution in [1.82, 2.24) is 9.80 Å². The smallest absolute Gasteiger partial charge is 0.0718 e. The second-order valence-electron chi connectivity index (χ2n) is 6.13. The predicted octanol–water partition coefficient (Wildman–Crippen LogP) is 1.47. The molecule has 21 heavy (non-hydrogen) atoms. The fraction of sp³-hybridized carbons (Fsp3) is 1.00. The average Bonchev–Trinajstić information content (AvgIpc) is 2.80. The lowest BCUT2D eigenvalue weighted by Gasteiger charge is -2.21. The molecule has 1 rings (SSSR count). The van der Waals surface area contributed by atoms with E-state index in [2.05, 4.69) is 37.6 Å². The molecule has 0 saturated carbocycles. The van der Waals surface area contributed by atoms with Crippen LogP contribution in [0.4, 0.5) is 0 Å². The zero-order valence-electron chi connectivity index (χ0n) is 14.5. The van der Waals surface area contributed by atoms with Crippen molar-refractivity contribution in [3.8, 4) is 0 Å². The molecule has 0 N–H and O–H groups in total. The predicted molar refractivity (Wildman–Crippen MR) is 85.9 cm³/mol. The van der Waals surface area contributed by atoms with Crippen molar-refractivity contribution in [2.75, 3.05) is 60.2 Å². The van der Waals surface area contributed by atoms with Gasteiger partial charge in [0.15, 0.2) is 0 Å². The molecule has 0 radical (unpaired) electrons. The summed E-state index contributed by atoms with van der Waals surface area (Å²) in [5.41, 5.74) is 0.